The third-order valence-electron chi connectivity index (χ3n) is 3.58. The Morgan fingerprint density at radius 1 is 1.12 bits per heavy atom. The number of carbonyl (C=O) groups excluding carboxylic acids is 4. The van der Waals surface area contributed by atoms with Crippen molar-refractivity contribution in [3.05, 3.63) is 35.4 Å². The van der Waals surface area contributed by atoms with Crippen molar-refractivity contribution >= 4 is 29.7 Å². The van der Waals surface area contributed by atoms with Gasteiger partial charge in [-0.3, -0.25) is 19.2 Å². The van der Waals surface area contributed by atoms with E-state index in [-0.39, 0.29) is 31.8 Å². The van der Waals surface area contributed by atoms with Gasteiger partial charge in [0.15, 0.2) is 5.78 Å². The lowest BCUT2D eigenvalue weighted by molar-refractivity contribution is -0.129. The van der Waals surface area contributed by atoms with E-state index in [1.54, 1.807) is 0 Å². The van der Waals surface area contributed by atoms with E-state index < -0.39 is 23.6 Å². The van der Waals surface area contributed by atoms with Gasteiger partial charge in [-0.15, -0.1) is 0 Å². The van der Waals surface area contributed by atoms with E-state index in [0.29, 0.717) is 6.21 Å². The number of hydrogen-bond donors (Lipinski definition) is 4. The number of rotatable bonds is 10. The molecule has 1 rings (SSSR count). The summed E-state index contributed by atoms with van der Waals surface area (Å²) in [5, 5.41) is 14.5. The fraction of sp³-hybridized carbons (Fsp3) is 0.389. The number of benzene rings is 1. The minimum atomic E-state index is -0.925. The summed E-state index contributed by atoms with van der Waals surface area (Å²) in [4.78, 5) is 46.4. The van der Waals surface area contributed by atoms with Crippen LogP contribution in [0.15, 0.2) is 24.3 Å². The summed E-state index contributed by atoms with van der Waals surface area (Å²) in [5.74, 6) is -1.76. The zero-order valence-electron chi connectivity index (χ0n) is 14.9. The molecule has 1 aromatic carbocycles. The molecule has 0 bridgehead atoms. The van der Waals surface area contributed by atoms with Crippen molar-refractivity contribution in [2.75, 3.05) is 6.54 Å². The number of amides is 3. The quantitative estimate of drug-likeness (QED) is 0.445. The molecule has 1 aromatic rings. The molecule has 8 heteroatoms. The van der Waals surface area contributed by atoms with Crippen LogP contribution in [0, 0.1) is 12.3 Å². The Labute approximate surface area is 152 Å². The van der Waals surface area contributed by atoms with Crippen molar-refractivity contribution < 1.29 is 19.2 Å². The van der Waals surface area contributed by atoms with E-state index in [9.17, 15) is 19.2 Å². The number of Topliss-reactive ketones (excluding diaryl/α,β-unsaturated/α-hetero) is 1. The highest BCUT2D eigenvalue weighted by Gasteiger charge is 2.21. The zero-order valence-corrected chi connectivity index (χ0v) is 14.9. The van der Waals surface area contributed by atoms with Crippen LogP contribution < -0.4 is 16.0 Å². The Morgan fingerprint density at radius 2 is 1.77 bits per heavy atom. The highest BCUT2D eigenvalue weighted by Crippen LogP contribution is 2.04. The topological polar surface area (TPSA) is 128 Å². The molecule has 0 fully saturated rings. The highest BCUT2D eigenvalue weighted by molar-refractivity contribution is 6.26. The third-order valence-corrected chi connectivity index (χ3v) is 3.58. The van der Waals surface area contributed by atoms with Crippen molar-refractivity contribution in [2.24, 2.45) is 0 Å². The van der Waals surface area contributed by atoms with Gasteiger partial charge in [0.25, 0.3) is 0 Å². The SMILES string of the molecule is CC(=O)NCC(=O)N[C@@H](CCC(=O)C=N)C(=O)NCc1ccc(C)cc1. The molecular formula is C18H24N4O4. The summed E-state index contributed by atoms with van der Waals surface area (Å²) in [6.07, 6.45) is 0.715. The van der Waals surface area contributed by atoms with Gasteiger partial charge in [0.1, 0.15) is 6.04 Å². The average Bonchev–Trinajstić information content (AvgIpc) is 2.62. The molecule has 8 nitrogen and oxygen atoms in total. The van der Waals surface area contributed by atoms with Gasteiger partial charge in [0.05, 0.1) is 12.8 Å². The largest absolute Gasteiger partial charge is 0.350 e. The number of nitrogens with one attached hydrogen (secondary N) is 4. The lowest BCUT2D eigenvalue weighted by Crippen LogP contribution is -2.49. The monoisotopic (exact) mass is 360 g/mol. The molecule has 0 saturated carbocycles. The van der Waals surface area contributed by atoms with E-state index in [0.717, 1.165) is 11.1 Å². The predicted molar refractivity (Wildman–Crippen MR) is 96.7 cm³/mol. The van der Waals surface area contributed by atoms with Crippen molar-refractivity contribution in [1.29, 1.82) is 5.41 Å². The molecule has 4 N–H and O–H groups in total. The first kappa shape index (κ1) is 21.0. The van der Waals surface area contributed by atoms with Crippen LogP contribution >= 0.6 is 0 Å². The van der Waals surface area contributed by atoms with Gasteiger partial charge in [-0.25, -0.2) is 0 Å². The minimum absolute atomic E-state index is 0.0352. The molecule has 0 heterocycles. The van der Waals surface area contributed by atoms with Gasteiger partial charge >= 0.3 is 0 Å². The van der Waals surface area contributed by atoms with Gasteiger partial charge in [-0.05, 0) is 18.9 Å². The van der Waals surface area contributed by atoms with Crippen LogP contribution in [0.4, 0.5) is 0 Å². The highest BCUT2D eigenvalue weighted by atomic mass is 16.2. The molecule has 0 spiro atoms. The fourth-order valence-electron chi connectivity index (χ4n) is 2.10. The Balaban J connectivity index is 2.65. The van der Waals surface area contributed by atoms with Gasteiger partial charge in [-0.1, -0.05) is 29.8 Å². The standard InChI is InChI=1S/C18H24N4O4/c1-12-3-5-14(6-4-12)10-21-18(26)16(8-7-15(24)9-19)22-17(25)11-20-13(2)23/h3-6,9,16,19H,7-8,10-11H2,1-2H3,(H,20,23)(H,21,26)(H,22,25)/t16-/m0/s1. The van der Waals surface area contributed by atoms with Crippen LogP contribution in [0.25, 0.3) is 0 Å². The van der Waals surface area contributed by atoms with E-state index >= 15 is 0 Å². The Kier molecular flexibility index (Phi) is 8.69. The number of carbonyl (C=O) groups is 4. The van der Waals surface area contributed by atoms with Crippen LogP contribution in [-0.2, 0) is 25.7 Å². The van der Waals surface area contributed by atoms with Gasteiger partial charge in [0, 0.05) is 19.9 Å². The molecule has 0 aliphatic rings. The van der Waals surface area contributed by atoms with Crippen LogP contribution in [0.2, 0.25) is 0 Å². The normalized spacial score (nSPS) is 11.2. The van der Waals surface area contributed by atoms with Crippen LogP contribution in [-0.4, -0.2) is 42.3 Å². The molecule has 0 unspecified atom stereocenters. The first-order valence-corrected chi connectivity index (χ1v) is 8.22. The van der Waals surface area contributed by atoms with Crippen molar-refractivity contribution in [1.82, 2.24) is 16.0 Å². The molecule has 0 aliphatic heterocycles. The number of hydrogen-bond acceptors (Lipinski definition) is 5. The van der Waals surface area contributed by atoms with Crippen LogP contribution in [0.1, 0.15) is 30.9 Å². The Hall–Kier alpha value is -3.03. The summed E-state index contributed by atoms with van der Waals surface area (Å²) in [7, 11) is 0. The number of aryl methyl sites for hydroxylation is 1. The number of ketones is 1. The molecular weight excluding hydrogens is 336 g/mol. The van der Waals surface area contributed by atoms with Crippen molar-refractivity contribution in [3.63, 3.8) is 0 Å². The fourth-order valence-corrected chi connectivity index (χ4v) is 2.10. The predicted octanol–water partition coefficient (Wildman–Crippen LogP) is 0.231. The zero-order chi connectivity index (χ0) is 19.5. The van der Waals surface area contributed by atoms with Crippen molar-refractivity contribution in [3.8, 4) is 0 Å². The molecule has 0 aliphatic carbocycles. The van der Waals surface area contributed by atoms with Crippen LogP contribution in [0.5, 0.6) is 0 Å². The average molecular weight is 360 g/mol. The first-order chi connectivity index (χ1) is 12.3. The van der Waals surface area contributed by atoms with Crippen molar-refractivity contribution in [2.45, 2.75) is 39.3 Å². The van der Waals surface area contributed by atoms with Gasteiger partial charge in [0.2, 0.25) is 17.7 Å². The smallest absolute Gasteiger partial charge is 0.242 e. The maximum atomic E-state index is 12.4. The van der Waals surface area contributed by atoms with E-state index in [1.165, 1.54) is 6.92 Å². The Morgan fingerprint density at radius 3 is 2.35 bits per heavy atom. The lowest BCUT2D eigenvalue weighted by Gasteiger charge is -2.18. The molecule has 26 heavy (non-hydrogen) atoms. The van der Waals surface area contributed by atoms with Crippen LogP contribution in [0.3, 0.4) is 0 Å². The maximum absolute atomic E-state index is 12.4. The van der Waals surface area contributed by atoms with E-state index in [2.05, 4.69) is 16.0 Å². The first-order valence-electron chi connectivity index (χ1n) is 8.22. The molecule has 140 valence electrons. The third kappa shape index (κ3) is 8.18. The molecule has 0 saturated heterocycles. The minimum Gasteiger partial charge on any atom is -0.350 e. The van der Waals surface area contributed by atoms with E-state index in [4.69, 9.17) is 5.41 Å². The molecule has 1 atom stereocenters. The van der Waals surface area contributed by atoms with Gasteiger partial charge in [-0.2, -0.15) is 0 Å². The summed E-state index contributed by atoms with van der Waals surface area (Å²) < 4.78 is 0. The second kappa shape index (κ2) is 10.8. The second-order valence-corrected chi connectivity index (χ2v) is 5.88. The summed E-state index contributed by atoms with van der Waals surface area (Å²) >= 11 is 0. The molecule has 0 aromatic heterocycles. The second-order valence-electron chi connectivity index (χ2n) is 5.88. The Bertz CT molecular complexity index is 670. The van der Waals surface area contributed by atoms with E-state index in [1.807, 2.05) is 31.2 Å². The molecule has 3 amide bonds. The summed E-state index contributed by atoms with van der Waals surface area (Å²) in [6.45, 7) is 3.27. The summed E-state index contributed by atoms with van der Waals surface area (Å²) in [5.41, 5.74) is 2.01. The van der Waals surface area contributed by atoms with Gasteiger partial charge < -0.3 is 21.4 Å². The maximum Gasteiger partial charge on any atom is 0.242 e. The molecule has 0 radical (unpaired) electrons. The lowest BCUT2D eigenvalue weighted by atomic mass is 10.1. The summed E-state index contributed by atoms with van der Waals surface area (Å²) in [6, 6.07) is 6.70.